The summed E-state index contributed by atoms with van der Waals surface area (Å²) in [5.41, 5.74) is 0. The summed E-state index contributed by atoms with van der Waals surface area (Å²) in [4.78, 5) is 26.7. The van der Waals surface area contributed by atoms with Crippen molar-refractivity contribution in [1.82, 2.24) is 15.1 Å². The zero-order valence-corrected chi connectivity index (χ0v) is 15.1. The number of hydrogen-bond acceptors (Lipinski definition) is 7. The first-order valence-corrected chi connectivity index (χ1v) is 8.21. The molecule has 23 heavy (non-hydrogen) atoms. The molecule has 0 aliphatic carbocycles. The molecule has 0 fully saturated rings. The zero-order valence-electron chi connectivity index (χ0n) is 15.1. The van der Waals surface area contributed by atoms with Gasteiger partial charge in [0.2, 0.25) is 0 Å². The molecule has 0 aliphatic rings. The van der Waals surface area contributed by atoms with Gasteiger partial charge in [-0.2, -0.15) is 0 Å². The highest BCUT2D eigenvalue weighted by molar-refractivity contribution is 5.69. The quantitative estimate of drug-likeness (QED) is 0.364. The maximum Gasteiger partial charge on any atom is 0.306 e. The van der Waals surface area contributed by atoms with Crippen molar-refractivity contribution in [3.63, 3.8) is 0 Å². The number of carbonyl (C=O) groups is 2. The third kappa shape index (κ3) is 14.2. The summed E-state index contributed by atoms with van der Waals surface area (Å²) >= 11 is 0. The molecule has 0 heterocycles. The van der Waals surface area contributed by atoms with E-state index in [1.165, 1.54) is 14.2 Å². The van der Waals surface area contributed by atoms with Crippen molar-refractivity contribution in [1.29, 1.82) is 0 Å². The number of ether oxygens (including phenoxy) is 2. The van der Waals surface area contributed by atoms with Gasteiger partial charge in [-0.3, -0.25) is 9.59 Å². The van der Waals surface area contributed by atoms with Crippen LogP contribution in [0.25, 0.3) is 0 Å². The lowest BCUT2D eigenvalue weighted by molar-refractivity contribution is -0.141. The molecule has 0 aliphatic heterocycles. The standard InChI is InChI=1S/C16H33N3O4/c1-18(2)11-6-13-19(14-8-16(21)23-4)12-5-9-17-10-7-15(20)22-3/h17H,5-14H2,1-4H3. The molecule has 0 radical (unpaired) electrons. The molecule has 0 aromatic heterocycles. The second kappa shape index (κ2) is 14.4. The van der Waals surface area contributed by atoms with Gasteiger partial charge in [-0.15, -0.1) is 0 Å². The van der Waals surface area contributed by atoms with Crippen molar-refractivity contribution in [2.24, 2.45) is 0 Å². The van der Waals surface area contributed by atoms with Crippen molar-refractivity contribution in [2.75, 3.05) is 67.6 Å². The number of esters is 2. The molecule has 136 valence electrons. The van der Waals surface area contributed by atoms with E-state index in [0.29, 0.717) is 19.4 Å². The Morgan fingerprint density at radius 2 is 1.43 bits per heavy atom. The van der Waals surface area contributed by atoms with Gasteiger partial charge in [-0.05, 0) is 53.1 Å². The second-order valence-corrected chi connectivity index (χ2v) is 5.75. The third-order valence-electron chi connectivity index (χ3n) is 3.50. The van der Waals surface area contributed by atoms with E-state index in [1.54, 1.807) is 0 Å². The molecule has 0 amide bonds. The van der Waals surface area contributed by atoms with Gasteiger partial charge in [0.15, 0.2) is 0 Å². The fraction of sp³-hybridized carbons (Fsp3) is 0.875. The number of nitrogens with zero attached hydrogens (tertiary/aromatic N) is 2. The summed E-state index contributed by atoms with van der Waals surface area (Å²) in [6.07, 6.45) is 2.87. The van der Waals surface area contributed by atoms with Gasteiger partial charge in [0.05, 0.1) is 27.1 Å². The van der Waals surface area contributed by atoms with Crippen LogP contribution in [0.15, 0.2) is 0 Å². The van der Waals surface area contributed by atoms with Gasteiger partial charge < -0.3 is 24.6 Å². The number of methoxy groups -OCH3 is 2. The Bertz CT molecular complexity index is 324. The lowest BCUT2D eigenvalue weighted by atomic mass is 10.3. The van der Waals surface area contributed by atoms with Crippen LogP contribution in [0.2, 0.25) is 0 Å². The van der Waals surface area contributed by atoms with E-state index in [-0.39, 0.29) is 11.9 Å². The highest BCUT2D eigenvalue weighted by Crippen LogP contribution is 1.98. The fourth-order valence-electron chi connectivity index (χ4n) is 2.14. The van der Waals surface area contributed by atoms with Gasteiger partial charge in [0.1, 0.15) is 0 Å². The molecule has 0 unspecified atom stereocenters. The average Bonchev–Trinajstić information content (AvgIpc) is 2.53. The summed E-state index contributed by atoms with van der Waals surface area (Å²) < 4.78 is 9.29. The first-order chi connectivity index (χ1) is 11.0. The Labute approximate surface area is 140 Å². The topological polar surface area (TPSA) is 71.1 Å². The Balaban J connectivity index is 3.89. The summed E-state index contributed by atoms with van der Waals surface area (Å²) in [5, 5.41) is 3.23. The third-order valence-corrected chi connectivity index (χ3v) is 3.50. The van der Waals surface area contributed by atoms with Crippen molar-refractivity contribution < 1.29 is 19.1 Å². The van der Waals surface area contributed by atoms with E-state index in [9.17, 15) is 9.59 Å². The number of carbonyl (C=O) groups excluding carboxylic acids is 2. The van der Waals surface area contributed by atoms with Gasteiger partial charge in [0.25, 0.3) is 0 Å². The lowest BCUT2D eigenvalue weighted by Gasteiger charge is -2.22. The normalized spacial score (nSPS) is 11.0. The number of rotatable bonds is 14. The summed E-state index contributed by atoms with van der Waals surface area (Å²) in [6.45, 7) is 5.14. The van der Waals surface area contributed by atoms with Crippen LogP contribution in [0, 0.1) is 0 Å². The highest BCUT2D eigenvalue weighted by Gasteiger charge is 2.08. The molecule has 0 rings (SSSR count). The van der Waals surface area contributed by atoms with Crippen molar-refractivity contribution in [3.05, 3.63) is 0 Å². The maximum atomic E-state index is 11.3. The molecule has 0 aromatic rings. The van der Waals surface area contributed by atoms with Crippen molar-refractivity contribution in [3.8, 4) is 0 Å². The van der Waals surface area contributed by atoms with E-state index in [1.807, 2.05) is 0 Å². The minimum absolute atomic E-state index is 0.168. The summed E-state index contributed by atoms with van der Waals surface area (Å²) in [5.74, 6) is -0.361. The van der Waals surface area contributed by atoms with Crippen LogP contribution < -0.4 is 5.32 Å². The number of hydrogen-bond donors (Lipinski definition) is 1. The zero-order chi connectivity index (χ0) is 17.5. The van der Waals surface area contributed by atoms with Gasteiger partial charge in [-0.25, -0.2) is 0 Å². The first kappa shape index (κ1) is 21.8. The van der Waals surface area contributed by atoms with E-state index < -0.39 is 0 Å². The fourth-order valence-corrected chi connectivity index (χ4v) is 2.14. The Hall–Kier alpha value is -1.18. The summed E-state index contributed by atoms with van der Waals surface area (Å²) in [7, 11) is 6.94. The van der Waals surface area contributed by atoms with Gasteiger partial charge in [-0.1, -0.05) is 0 Å². The van der Waals surface area contributed by atoms with Crippen LogP contribution in [0.3, 0.4) is 0 Å². The molecule has 0 aromatic carbocycles. The molecule has 7 nitrogen and oxygen atoms in total. The SMILES string of the molecule is COC(=O)CCNCCCN(CCCN(C)C)CCC(=O)OC. The highest BCUT2D eigenvalue weighted by atomic mass is 16.5. The van der Waals surface area contributed by atoms with Crippen molar-refractivity contribution >= 4 is 11.9 Å². The van der Waals surface area contributed by atoms with E-state index in [0.717, 1.165) is 45.6 Å². The molecule has 0 bridgehead atoms. The lowest BCUT2D eigenvalue weighted by Crippen LogP contribution is -2.32. The number of nitrogens with one attached hydrogen (secondary N) is 1. The molecule has 0 atom stereocenters. The minimum atomic E-state index is -0.194. The molecular formula is C16H33N3O4. The van der Waals surface area contributed by atoms with Gasteiger partial charge in [0, 0.05) is 13.1 Å². The van der Waals surface area contributed by atoms with Crippen LogP contribution in [0.5, 0.6) is 0 Å². The van der Waals surface area contributed by atoms with E-state index in [2.05, 4.69) is 33.9 Å². The van der Waals surface area contributed by atoms with Crippen LogP contribution in [0.1, 0.15) is 25.7 Å². The predicted octanol–water partition coefficient (Wildman–Crippen LogP) is 0.346. The maximum absolute atomic E-state index is 11.3. The van der Waals surface area contributed by atoms with Gasteiger partial charge >= 0.3 is 11.9 Å². The Morgan fingerprint density at radius 1 is 0.826 bits per heavy atom. The molecule has 0 spiro atoms. The Morgan fingerprint density at radius 3 is 2.04 bits per heavy atom. The molecular weight excluding hydrogens is 298 g/mol. The largest absolute Gasteiger partial charge is 0.469 e. The summed E-state index contributed by atoms with van der Waals surface area (Å²) in [6, 6.07) is 0. The minimum Gasteiger partial charge on any atom is -0.469 e. The average molecular weight is 331 g/mol. The van der Waals surface area contributed by atoms with E-state index in [4.69, 9.17) is 4.74 Å². The first-order valence-electron chi connectivity index (χ1n) is 8.21. The van der Waals surface area contributed by atoms with E-state index >= 15 is 0 Å². The molecule has 0 saturated heterocycles. The second-order valence-electron chi connectivity index (χ2n) is 5.75. The van der Waals surface area contributed by atoms with Crippen LogP contribution in [-0.2, 0) is 19.1 Å². The van der Waals surface area contributed by atoms with Crippen LogP contribution in [0.4, 0.5) is 0 Å². The van der Waals surface area contributed by atoms with Crippen molar-refractivity contribution in [2.45, 2.75) is 25.7 Å². The molecule has 0 saturated carbocycles. The monoisotopic (exact) mass is 331 g/mol. The molecule has 7 heteroatoms. The predicted molar refractivity (Wildman–Crippen MR) is 90.4 cm³/mol. The molecule has 1 N–H and O–H groups in total. The van der Waals surface area contributed by atoms with Crippen LogP contribution >= 0.6 is 0 Å². The Kier molecular flexibility index (Phi) is 13.7. The van der Waals surface area contributed by atoms with Crippen LogP contribution in [-0.4, -0.2) is 89.3 Å². The smallest absolute Gasteiger partial charge is 0.306 e.